The molecule has 0 spiro atoms. The van der Waals surface area contributed by atoms with E-state index in [9.17, 15) is 4.79 Å². The molecule has 5 heteroatoms. The monoisotopic (exact) mass is 387 g/mol. The zero-order valence-electron chi connectivity index (χ0n) is 16.1. The molecular weight excluding hydrogens is 358 g/mol. The summed E-state index contributed by atoms with van der Waals surface area (Å²) in [6.07, 6.45) is 0.858. The van der Waals surface area contributed by atoms with Crippen LogP contribution >= 0.6 is 12.4 Å². The summed E-state index contributed by atoms with van der Waals surface area (Å²) < 4.78 is 0. The van der Waals surface area contributed by atoms with Crippen LogP contribution in [0.4, 0.5) is 0 Å². The summed E-state index contributed by atoms with van der Waals surface area (Å²) in [6, 6.07) is 18.6. The van der Waals surface area contributed by atoms with Gasteiger partial charge >= 0.3 is 0 Å². The van der Waals surface area contributed by atoms with Crippen molar-refractivity contribution in [2.75, 3.05) is 19.6 Å². The molecule has 0 radical (unpaired) electrons. The number of hydrogen-bond donors (Lipinski definition) is 2. The molecule has 0 bridgehead atoms. The smallest absolute Gasteiger partial charge is 0.237 e. The average molecular weight is 388 g/mol. The van der Waals surface area contributed by atoms with Crippen LogP contribution < -0.4 is 11.1 Å². The Morgan fingerprint density at radius 3 is 2.52 bits per heavy atom. The van der Waals surface area contributed by atoms with Crippen molar-refractivity contribution in [3.05, 3.63) is 71.3 Å². The first kappa shape index (κ1) is 21.4. The molecule has 2 aromatic rings. The summed E-state index contributed by atoms with van der Waals surface area (Å²) in [5.74, 6) is 0.373. The van der Waals surface area contributed by atoms with Crippen molar-refractivity contribution >= 4 is 18.3 Å². The first-order valence-electron chi connectivity index (χ1n) is 9.43. The second-order valence-corrected chi connectivity index (χ2v) is 7.28. The number of carbonyl (C=O) groups excluding carboxylic acids is 1. The molecule has 27 heavy (non-hydrogen) atoms. The number of nitrogens with one attached hydrogen (secondary N) is 1. The fraction of sp³-hybridized carbons (Fsp3) is 0.409. The molecule has 1 amide bonds. The van der Waals surface area contributed by atoms with Crippen LogP contribution in [0.1, 0.15) is 29.5 Å². The van der Waals surface area contributed by atoms with E-state index in [2.05, 4.69) is 41.4 Å². The molecule has 1 unspecified atom stereocenters. The highest BCUT2D eigenvalue weighted by Gasteiger charge is 2.35. The number of nitrogens with two attached hydrogens (primary N) is 1. The molecule has 0 aromatic heterocycles. The molecule has 3 rings (SSSR count). The lowest BCUT2D eigenvalue weighted by atomic mass is 9.95. The number of benzene rings is 2. The molecule has 146 valence electrons. The molecule has 1 aliphatic heterocycles. The summed E-state index contributed by atoms with van der Waals surface area (Å²) in [6.45, 7) is 6.33. The highest BCUT2D eigenvalue weighted by Crippen LogP contribution is 2.27. The van der Waals surface area contributed by atoms with Crippen LogP contribution in [0.5, 0.6) is 0 Å². The topological polar surface area (TPSA) is 58.4 Å². The van der Waals surface area contributed by atoms with Gasteiger partial charge in [-0.05, 0) is 37.0 Å². The van der Waals surface area contributed by atoms with Crippen molar-refractivity contribution in [2.24, 2.45) is 5.73 Å². The van der Waals surface area contributed by atoms with Crippen molar-refractivity contribution in [1.29, 1.82) is 0 Å². The largest absolute Gasteiger partial charge is 0.354 e. The molecule has 1 fully saturated rings. The zero-order chi connectivity index (χ0) is 18.5. The molecule has 1 saturated heterocycles. The minimum atomic E-state index is -0.161. The average Bonchev–Trinajstić information content (AvgIpc) is 3.05. The second-order valence-electron chi connectivity index (χ2n) is 7.28. The minimum absolute atomic E-state index is 0. The van der Waals surface area contributed by atoms with Crippen molar-refractivity contribution in [3.63, 3.8) is 0 Å². The van der Waals surface area contributed by atoms with Crippen LogP contribution in [0.15, 0.2) is 54.6 Å². The van der Waals surface area contributed by atoms with Gasteiger partial charge in [-0.15, -0.1) is 12.4 Å². The normalized spacial score (nSPS) is 20.7. The number of rotatable bonds is 6. The Morgan fingerprint density at radius 2 is 1.81 bits per heavy atom. The Balaban J connectivity index is 0.00000261. The molecule has 0 saturated carbocycles. The highest BCUT2D eigenvalue weighted by atomic mass is 35.5. The van der Waals surface area contributed by atoms with Gasteiger partial charge in [-0.1, -0.05) is 54.6 Å². The van der Waals surface area contributed by atoms with Gasteiger partial charge in [0.15, 0.2) is 0 Å². The van der Waals surface area contributed by atoms with E-state index in [0.29, 0.717) is 12.5 Å². The highest BCUT2D eigenvalue weighted by molar-refractivity contribution is 5.85. The van der Waals surface area contributed by atoms with E-state index < -0.39 is 0 Å². The lowest BCUT2D eigenvalue weighted by Crippen LogP contribution is -2.45. The maximum Gasteiger partial charge on any atom is 0.237 e. The van der Waals surface area contributed by atoms with Crippen molar-refractivity contribution in [1.82, 2.24) is 10.2 Å². The first-order valence-corrected chi connectivity index (χ1v) is 9.43. The number of aryl methyl sites for hydroxylation is 1. The summed E-state index contributed by atoms with van der Waals surface area (Å²) in [4.78, 5) is 14.8. The Morgan fingerprint density at radius 1 is 1.15 bits per heavy atom. The van der Waals surface area contributed by atoms with Crippen LogP contribution in [-0.4, -0.2) is 42.5 Å². The van der Waals surface area contributed by atoms with Gasteiger partial charge in [0, 0.05) is 31.6 Å². The van der Waals surface area contributed by atoms with E-state index >= 15 is 0 Å². The maximum absolute atomic E-state index is 12.6. The molecule has 1 heterocycles. The van der Waals surface area contributed by atoms with Crippen molar-refractivity contribution in [2.45, 2.75) is 38.3 Å². The van der Waals surface area contributed by atoms with Gasteiger partial charge in [-0.25, -0.2) is 0 Å². The lowest BCUT2D eigenvalue weighted by molar-refractivity contribution is -0.125. The van der Waals surface area contributed by atoms with E-state index in [0.717, 1.165) is 19.5 Å². The number of carbonyl (C=O) groups is 1. The van der Waals surface area contributed by atoms with Gasteiger partial charge in [0.25, 0.3) is 0 Å². The number of halogens is 1. The van der Waals surface area contributed by atoms with Crippen LogP contribution in [0, 0.1) is 6.92 Å². The second kappa shape index (κ2) is 9.88. The molecule has 4 nitrogen and oxygen atoms in total. The summed E-state index contributed by atoms with van der Waals surface area (Å²) in [7, 11) is 0. The van der Waals surface area contributed by atoms with Crippen molar-refractivity contribution in [3.8, 4) is 0 Å². The van der Waals surface area contributed by atoms with E-state index in [1.165, 1.54) is 16.7 Å². The number of amides is 1. The van der Waals surface area contributed by atoms with Gasteiger partial charge in [0.1, 0.15) is 0 Å². The Hall–Kier alpha value is -1.88. The summed E-state index contributed by atoms with van der Waals surface area (Å²) >= 11 is 0. The molecule has 1 aliphatic rings. The van der Waals surface area contributed by atoms with Gasteiger partial charge in [0.05, 0.1) is 6.04 Å². The predicted octanol–water partition coefficient (Wildman–Crippen LogP) is 2.89. The molecule has 2 aromatic carbocycles. The summed E-state index contributed by atoms with van der Waals surface area (Å²) in [5, 5.41) is 3.08. The van der Waals surface area contributed by atoms with E-state index in [4.69, 9.17) is 5.73 Å². The Kier molecular flexibility index (Phi) is 7.84. The SMILES string of the molecule is Cc1ccccc1CCNC(=O)C(C)N1C[C@@H](N)[C@H](c2ccccc2)C1.Cl. The van der Waals surface area contributed by atoms with Crippen LogP contribution in [0.25, 0.3) is 0 Å². The van der Waals surface area contributed by atoms with Gasteiger partial charge in [-0.2, -0.15) is 0 Å². The van der Waals surface area contributed by atoms with Crippen molar-refractivity contribution < 1.29 is 4.79 Å². The zero-order valence-corrected chi connectivity index (χ0v) is 16.9. The molecule has 3 atom stereocenters. The van der Waals surface area contributed by atoms with E-state index in [1.807, 2.05) is 37.3 Å². The van der Waals surface area contributed by atoms with Gasteiger partial charge < -0.3 is 11.1 Å². The number of likely N-dealkylation sites (tertiary alicyclic amines) is 1. The first-order chi connectivity index (χ1) is 12.6. The standard InChI is InChI=1S/C22H29N3O.ClH/c1-16-8-6-7-9-18(16)12-13-24-22(26)17(2)25-14-20(21(23)15-25)19-10-4-3-5-11-19;/h3-11,17,20-21H,12-15,23H2,1-2H3,(H,24,26);1H/t17?,20-,21+;/m0./s1. The summed E-state index contributed by atoms with van der Waals surface area (Å²) in [5.41, 5.74) is 10.2. The van der Waals surface area contributed by atoms with Crippen LogP contribution in [0.3, 0.4) is 0 Å². The fourth-order valence-electron chi connectivity index (χ4n) is 3.75. The van der Waals surface area contributed by atoms with E-state index in [1.54, 1.807) is 0 Å². The fourth-order valence-corrected chi connectivity index (χ4v) is 3.75. The maximum atomic E-state index is 12.6. The molecule has 3 N–H and O–H groups in total. The van der Waals surface area contributed by atoms with Crippen LogP contribution in [-0.2, 0) is 11.2 Å². The van der Waals surface area contributed by atoms with Crippen LogP contribution in [0.2, 0.25) is 0 Å². The Bertz CT molecular complexity index is 737. The van der Waals surface area contributed by atoms with Gasteiger partial charge in [0.2, 0.25) is 5.91 Å². The van der Waals surface area contributed by atoms with E-state index in [-0.39, 0.29) is 30.4 Å². The minimum Gasteiger partial charge on any atom is -0.354 e. The number of nitrogens with zero attached hydrogens (tertiary/aromatic N) is 1. The quantitative estimate of drug-likeness (QED) is 0.801. The third-order valence-electron chi connectivity index (χ3n) is 5.50. The predicted molar refractivity (Wildman–Crippen MR) is 113 cm³/mol. The Labute approximate surface area is 168 Å². The third-order valence-corrected chi connectivity index (χ3v) is 5.50. The molecule has 0 aliphatic carbocycles. The molecular formula is C22H30ClN3O. The lowest BCUT2D eigenvalue weighted by Gasteiger charge is -2.23. The number of hydrogen-bond acceptors (Lipinski definition) is 3. The van der Waals surface area contributed by atoms with Gasteiger partial charge in [-0.3, -0.25) is 9.69 Å². The third kappa shape index (κ3) is 5.32.